The normalized spacial score (nSPS) is 14.3. The van der Waals surface area contributed by atoms with Gasteiger partial charge in [0.05, 0.1) is 18.9 Å². The number of Topliss-reactive ketones (excluding diaryl/α,β-unsaturated/α-hetero) is 1. The number of halogens is 1. The molecule has 0 amide bonds. The highest BCUT2D eigenvalue weighted by atomic mass is 79.9. The molecule has 0 aromatic heterocycles. The Morgan fingerprint density at radius 1 is 1.18 bits per heavy atom. The Bertz CT molecular complexity index is 551. The van der Waals surface area contributed by atoms with Crippen molar-refractivity contribution in [3.63, 3.8) is 0 Å². The summed E-state index contributed by atoms with van der Waals surface area (Å²) in [5.41, 5.74) is 0.260. The van der Waals surface area contributed by atoms with E-state index in [4.69, 9.17) is 4.74 Å². The van der Waals surface area contributed by atoms with Crippen LogP contribution in [0.25, 0.3) is 0 Å². The molecule has 4 heteroatoms. The van der Waals surface area contributed by atoms with Gasteiger partial charge >= 0.3 is 5.97 Å². The summed E-state index contributed by atoms with van der Waals surface area (Å²) in [6.45, 7) is 7.68. The van der Waals surface area contributed by atoms with E-state index in [0.717, 1.165) is 16.5 Å². The van der Waals surface area contributed by atoms with Gasteiger partial charge in [-0.3, -0.25) is 9.59 Å². The number of carbonyl (C=O) groups excluding carboxylic acids is 2. The van der Waals surface area contributed by atoms with Crippen molar-refractivity contribution in [3.8, 4) is 0 Å². The van der Waals surface area contributed by atoms with Crippen molar-refractivity contribution < 1.29 is 14.3 Å². The van der Waals surface area contributed by atoms with Gasteiger partial charge in [0, 0.05) is 4.47 Å². The summed E-state index contributed by atoms with van der Waals surface area (Å²) in [7, 11) is 1.40. The summed E-state index contributed by atoms with van der Waals surface area (Å²) >= 11 is 3.46. The van der Waals surface area contributed by atoms with Crippen LogP contribution in [0.2, 0.25) is 0 Å². The maximum absolute atomic E-state index is 12.3. The standard InChI is InChI=1S/C18H25BrO3/c1-13(20)18(4,14-7-6-8-15(19)11-14)10-9-17(2,3)12-16(21)22-5/h6-8,11H,9-10,12H2,1-5H3. The average Bonchev–Trinajstić information content (AvgIpc) is 2.44. The van der Waals surface area contributed by atoms with E-state index in [1.165, 1.54) is 7.11 Å². The van der Waals surface area contributed by atoms with E-state index < -0.39 is 5.41 Å². The van der Waals surface area contributed by atoms with Crippen molar-refractivity contribution in [3.05, 3.63) is 34.3 Å². The summed E-state index contributed by atoms with van der Waals surface area (Å²) in [4.78, 5) is 23.8. The van der Waals surface area contributed by atoms with E-state index in [1.54, 1.807) is 6.92 Å². The number of esters is 1. The van der Waals surface area contributed by atoms with Gasteiger partial charge in [0.1, 0.15) is 5.78 Å². The Balaban J connectivity index is 2.93. The lowest BCUT2D eigenvalue weighted by molar-refractivity contribution is -0.143. The van der Waals surface area contributed by atoms with E-state index in [2.05, 4.69) is 15.9 Å². The van der Waals surface area contributed by atoms with Crippen LogP contribution < -0.4 is 0 Å². The summed E-state index contributed by atoms with van der Waals surface area (Å²) in [6.07, 6.45) is 1.82. The van der Waals surface area contributed by atoms with Crippen molar-refractivity contribution in [1.29, 1.82) is 0 Å². The fraction of sp³-hybridized carbons (Fsp3) is 0.556. The molecule has 122 valence electrons. The zero-order chi connectivity index (χ0) is 17.0. The molecule has 0 aliphatic rings. The van der Waals surface area contributed by atoms with Crippen molar-refractivity contribution >= 4 is 27.7 Å². The molecular weight excluding hydrogens is 344 g/mol. The van der Waals surface area contributed by atoms with Gasteiger partial charge in [0.2, 0.25) is 0 Å². The minimum atomic E-state index is -0.544. The van der Waals surface area contributed by atoms with Gasteiger partial charge in [0.25, 0.3) is 0 Å². The molecule has 0 fully saturated rings. The lowest BCUT2D eigenvalue weighted by Gasteiger charge is -2.32. The van der Waals surface area contributed by atoms with Crippen LogP contribution in [0.5, 0.6) is 0 Å². The number of hydrogen-bond acceptors (Lipinski definition) is 3. The predicted molar refractivity (Wildman–Crippen MR) is 91.8 cm³/mol. The molecule has 1 atom stereocenters. The lowest BCUT2D eigenvalue weighted by atomic mass is 9.71. The third-order valence-electron chi connectivity index (χ3n) is 4.39. The second-order valence-electron chi connectivity index (χ2n) is 6.82. The van der Waals surface area contributed by atoms with Gasteiger partial charge in [-0.05, 0) is 49.8 Å². The molecule has 0 heterocycles. The Morgan fingerprint density at radius 3 is 2.32 bits per heavy atom. The number of rotatable bonds is 7. The largest absolute Gasteiger partial charge is 0.469 e. The highest BCUT2D eigenvalue weighted by Gasteiger charge is 2.34. The highest BCUT2D eigenvalue weighted by molar-refractivity contribution is 9.10. The van der Waals surface area contributed by atoms with Crippen molar-refractivity contribution in [1.82, 2.24) is 0 Å². The average molecular weight is 369 g/mol. The van der Waals surface area contributed by atoms with Crippen LogP contribution in [0.15, 0.2) is 28.7 Å². The molecule has 1 unspecified atom stereocenters. The molecule has 0 spiro atoms. The fourth-order valence-electron chi connectivity index (χ4n) is 2.50. The van der Waals surface area contributed by atoms with E-state index in [-0.39, 0.29) is 17.2 Å². The number of ether oxygens (including phenoxy) is 1. The predicted octanol–water partition coefficient (Wildman–Crippen LogP) is 4.67. The van der Waals surface area contributed by atoms with Crippen molar-refractivity contribution in [2.24, 2.45) is 5.41 Å². The van der Waals surface area contributed by atoms with Gasteiger partial charge in [-0.25, -0.2) is 0 Å². The molecule has 0 radical (unpaired) electrons. The first-order chi connectivity index (χ1) is 10.1. The van der Waals surface area contributed by atoms with Crippen LogP contribution in [0.4, 0.5) is 0 Å². The number of benzene rings is 1. The summed E-state index contributed by atoms with van der Waals surface area (Å²) in [5.74, 6) is -0.0727. The minimum absolute atomic E-state index is 0.138. The van der Waals surface area contributed by atoms with Crippen molar-refractivity contribution in [2.45, 2.75) is 52.4 Å². The molecule has 22 heavy (non-hydrogen) atoms. The van der Waals surface area contributed by atoms with E-state index >= 15 is 0 Å². The quantitative estimate of drug-likeness (QED) is 0.657. The first kappa shape index (κ1) is 18.9. The van der Waals surface area contributed by atoms with E-state index in [0.29, 0.717) is 12.8 Å². The number of carbonyl (C=O) groups is 2. The molecule has 1 rings (SSSR count). The van der Waals surface area contributed by atoms with Crippen LogP contribution in [0.3, 0.4) is 0 Å². The summed E-state index contributed by atoms with van der Waals surface area (Å²) in [5, 5.41) is 0. The molecule has 1 aromatic carbocycles. The van der Waals surface area contributed by atoms with Gasteiger partial charge < -0.3 is 4.74 Å². The van der Waals surface area contributed by atoms with Gasteiger partial charge in [-0.15, -0.1) is 0 Å². The monoisotopic (exact) mass is 368 g/mol. The molecular formula is C18H25BrO3. The molecule has 0 bridgehead atoms. The van der Waals surface area contributed by atoms with E-state index in [1.807, 2.05) is 45.0 Å². The van der Waals surface area contributed by atoms with Gasteiger partial charge in [-0.1, -0.05) is 41.9 Å². The minimum Gasteiger partial charge on any atom is -0.469 e. The Labute approximate surface area is 141 Å². The molecule has 3 nitrogen and oxygen atoms in total. The third kappa shape index (κ3) is 4.94. The zero-order valence-electron chi connectivity index (χ0n) is 14.0. The van der Waals surface area contributed by atoms with Crippen molar-refractivity contribution in [2.75, 3.05) is 7.11 Å². The van der Waals surface area contributed by atoms with Crippen LogP contribution in [-0.4, -0.2) is 18.9 Å². The number of hydrogen-bond donors (Lipinski definition) is 0. The SMILES string of the molecule is COC(=O)CC(C)(C)CCC(C)(C(C)=O)c1cccc(Br)c1. The molecule has 0 saturated carbocycles. The maximum Gasteiger partial charge on any atom is 0.306 e. The Morgan fingerprint density at radius 2 is 1.82 bits per heavy atom. The maximum atomic E-state index is 12.3. The van der Waals surface area contributed by atoms with Crippen LogP contribution in [0.1, 0.15) is 52.5 Å². The van der Waals surface area contributed by atoms with Crippen LogP contribution in [-0.2, 0) is 19.7 Å². The number of ketones is 1. The summed E-state index contributed by atoms with van der Waals surface area (Å²) < 4.78 is 5.72. The number of methoxy groups -OCH3 is 1. The highest BCUT2D eigenvalue weighted by Crippen LogP contribution is 2.37. The topological polar surface area (TPSA) is 43.4 Å². The molecule has 1 aromatic rings. The molecule has 0 N–H and O–H groups in total. The lowest BCUT2D eigenvalue weighted by Crippen LogP contribution is -2.33. The second kappa shape index (κ2) is 7.40. The Kier molecular flexibility index (Phi) is 6.36. The fourth-order valence-corrected chi connectivity index (χ4v) is 2.89. The summed E-state index contributed by atoms with van der Waals surface area (Å²) in [6, 6.07) is 7.87. The smallest absolute Gasteiger partial charge is 0.306 e. The zero-order valence-corrected chi connectivity index (χ0v) is 15.6. The first-order valence-corrected chi connectivity index (χ1v) is 8.24. The van der Waals surface area contributed by atoms with Crippen LogP contribution in [0, 0.1) is 5.41 Å². The van der Waals surface area contributed by atoms with E-state index in [9.17, 15) is 9.59 Å². The molecule has 0 aliphatic carbocycles. The third-order valence-corrected chi connectivity index (χ3v) is 4.88. The Hall–Kier alpha value is -1.16. The van der Waals surface area contributed by atoms with Gasteiger partial charge in [-0.2, -0.15) is 0 Å². The first-order valence-electron chi connectivity index (χ1n) is 7.45. The second-order valence-corrected chi connectivity index (χ2v) is 7.73. The van der Waals surface area contributed by atoms with Gasteiger partial charge in [0.15, 0.2) is 0 Å². The molecule has 0 aliphatic heterocycles. The molecule has 0 saturated heterocycles. The van der Waals surface area contributed by atoms with Crippen LogP contribution >= 0.6 is 15.9 Å².